The van der Waals surface area contributed by atoms with Gasteiger partial charge in [-0.15, -0.1) is 0 Å². The third-order valence-corrected chi connectivity index (χ3v) is 4.01. The summed E-state index contributed by atoms with van der Waals surface area (Å²) in [6.07, 6.45) is 2.97. The highest BCUT2D eigenvalue weighted by Gasteiger charge is 2.32. The summed E-state index contributed by atoms with van der Waals surface area (Å²) in [4.78, 5) is 0. The van der Waals surface area contributed by atoms with Gasteiger partial charge in [-0.05, 0) is 31.1 Å². The van der Waals surface area contributed by atoms with Crippen LogP contribution in [0.1, 0.15) is 58.8 Å². The average molecular weight is 301 g/mol. The van der Waals surface area contributed by atoms with Gasteiger partial charge in [0.1, 0.15) is 0 Å². The van der Waals surface area contributed by atoms with Crippen LogP contribution >= 0.6 is 11.6 Å². The van der Waals surface area contributed by atoms with Gasteiger partial charge in [0.15, 0.2) is 0 Å². The van der Waals surface area contributed by atoms with Crippen molar-refractivity contribution in [1.29, 1.82) is 0 Å². The lowest BCUT2D eigenvalue weighted by molar-refractivity contribution is -0.000771. The first-order valence-corrected chi connectivity index (χ1v) is 7.99. The first-order valence-electron chi connectivity index (χ1n) is 7.61. The van der Waals surface area contributed by atoms with E-state index in [1.54, 1.807) is 0 Å². The van der Waals surface area contributed by atoms with E-state index in [0.717, 1.165) is 35.7 Å². The van der Waals surface area contributed by atoms with E-state index in [9.17, 15) is 5.11 Å². The molecule has 0 amide bonds. The second kappa shape index (κ2) is 6.95. The third-order valence-electron chi connectivity index (χ3n) is 3.58. The maximum atomic E-state index is 11.0. The lowest BCUT2D eigenvalue weighted by Gasteiger charge is -2.32. The van der Waals surface area contributed by atoms with Crippen LogP contribution in [0.15, 0.2) is 0 Å². The Morgan fingerprint density at radius 2 is 1.70 bits per heavy atom. The van der Waals surface area contributed by atoms with Crippen LogP contribution in [-0.2, 0) is 19.9 Å². The molecule has 0 saturated heterocycles. The van der Waals surface area contributed by atoms with Crippen LogP contribution in [-0.4, -0.2) is 20.5 Å². The number of hydrogen-bond donors (Lipinski definition) is 1. The summed E-state index contributed by atoms with van der Waals surface area (Å²) in [6, 6.07) is 0. The molecule has 116 valence electrons. The molecule has 1 rings (SSSR count). The quantitative estimate of drug-likeness (QED) is 0.826. The second-order valence-electron chi connectivity index (χ2n) is 6.78. The first-order chi connectivity index (χ1) is 9.18. The van der Waals surface area contributed by atoms with Crippen LogP contribution in [0.25, 0.3) is 0 Å². The van der Waals surface area contributed by atoms with Crippen molar-refractivity contribution in [3.63, 3.8) is 0 Å². The average Bonchev–Trinajstić information content (AvgIpc) is 2.53. The fraction of sp³-hybridized carbons (Fsp3) is 0.812. The SMILES string of the molecule is CCc1nn(C)c(CC(O)(CC(C)C)CC(C)C)c1Cl. The Morgan fingerprint density at radius 3 is 2.05 bits per heavy atom. The molecule has 0 fully saturated rings. The molecule has 0 aliphatic carbocycles. The molecule has 0 unspecified atom stereocenters. The summed E-state index contributed by atoms with van der Waals surface area (Å²) in [5, 5.41) is 16.2. The Bertz CT molecular complexity index is 428. The van der Waals surface area contributed by atoms with Crippen molar-refractivity contribution in [3.05, 3.63) is 16.4 Å². The van der Waals surface area contributed by atoms with Gasteiger partial charge in [0.05, 0.1) is 22.0 Å². The number of nitrogens with zero attached hydrogens (tertiary/aromatic N) is 2. The zero-order chi connectivity index (χ0) is 15.5. The predicted molar refractivity (Wildman–Crippen MR) is 85.2 cm³/mol. The minimum absolute atomic E-state index is 0.455. The maximum absolute atomic E-state index is 11.0. The molecule has 0 aromatic carbocycles. The molecule has 1 aromatic heterocycles. The van der Waals surface area contributed by atoms with Crippen molar-refractivity contribution in [3.8, 4) is 0 Å². The van der Waals surface area contributed by atoms with Crippen LogP contribution in [0.4, 0.5) is 0 Å². The fourth-order valence-corrected chi connectivity index (χ4v) is 3.43. The molecule has 1 N–H and O–H groups in total. The molecule has 0 bridgehead atoms. The van der Waals surface area contributed by atoms with Gasteiger partial charge >= 0.3 is 0 Å². The molecule has 20 heavy (non-hydrogen) atoms. The standard InChI is InChI=1S/C16H29ClN2O/c1-7-13-15(17)14(19(6)18-13)10-16(20,8-11(2)3)9-12(4)5/h11-12,20H,7-10H2,1-6H3. The van der Waals surface area contributed by atoms with Crippen LogP contribution < -0.4 is 0 Å². The molecule has 4 heteroatoms. The van der Waals surface area contributed by atoms with E-state index < -0.39 is 5.60 Å². The topological polar surface area (TPSA) is 38.0 Å². The Hall–Kier alpha value is -0.540. The van der Waals surface area contributed by atoms with E-state index >= 15 is 0 Å². The Balaban J connectivity index is 3.03. The molecular formula is C16H29ClN2O. The van der Waals surface area contributed by atoms with E-state index in [-0.39, 0.29) is 0 Å². The zero-order valence-corrected chi connectivity index (χ0v) is 14.5. The predicted octanol–water partition coefficient (Wildman–Crippen LogP) is 4.00. The summed E-state index contributed by atoms with van der Waals surface area (Å²) >= 11 is 6.41. The largest absolute Gasteiger partial charge is 0.389 e. The minimum Gasteiger partial charge on any atom is -0.389 e. The van der Waals surface area contributed by atoms with E-state index in [1.807, 2.05) is 18.7 Å². The second-order valence-corrected chi connectivity index (χ2v) is 7.16. The molecule has 3 nitrogen and oxygen atoms in total. The van der Waals surface area contributed by atoms with Gasteiger partial charge in [-0.2, -0.15) is 5.10 Å². The van der Waals surface area contributed by atoms with Gasteiger partial charge in [0, 0.05) is 13.5 Å². The summed E-state index contributed by atoms with van der Waals surface area (Å²) in [6.45, 7) is 10.6. The zero-order valence-electron chi connectivity index (χ0n) is 13.7. The number of rotatable bonds is 7. The summed E-state index contributed by atoms with van der Waals surface area (Å²) in [7, 11) is 1.91. The van der Waals surface area contributed by atoms with Crippen molar-refractivity contribution in [1.82, 2.24) is 9.78 Å². The van der Waals surface area contributed by atoms with Gasteiger partial charge in [-0.1, -0.05) is 46.2 Å². The van der Waals surface area contributed by atoms with Crippen LogP contribution in [0.5, 0.6) is 0 Å². The van der Waals surface area contributed by atoms with Gasteiger partial charge in [0.25, 0.3) is 0 Å². The normalized spacial score (nSPS) is 12.7. The van der Waals surface area contributed by atoms with Crippen molar-refractivity contribution in [2.45, 2.75) is 65.9 Å². The van der Waals surface area contributed by atoms with Crippen molar-refractivity contribution in [2.75, 3.05) is 0 Å². The highest BCUT2D eigenvalue weighted by atomic mass is 35.5. The summed E-state index contributed by atoms with van der Waals surface area (Å²) in [5.74, 6) is 0.910. The van der Waals surface area contributed by atoms with Crippen molar-refractivity contribution in [2.24, 2.45) is 18.9 Å². The Kier molecular flexibility index (Phi) is 6.08. The third kappa shape index (κ3) is 4.49. The monoisotopic (exact) mass is 300 g/mol. The number of aromatic nitrogens is 2. The number of hydrogen-bond acceptors (Lipinski definition) is 2. The summed E-state index contributed by atoms with van der Waals surface area (Å²) < 4.78 is 1.83. The molecule has 0 aliphatic rings. The first kappa shape index (κ1) is 17.5. The molecule has 0 atom stereocenters. The maximum Gasteiger partial charge on any atom is 0.0850 e. The molecule has 0 saturated carbocycles. The number of halogens is 1. The fourth-order valence-electron chi connectivity index (χ4n) is 3.07. The molecular weight excluding hydrogens is 272 g/mol. The smallest absolute Gasteiger partial charge is 0.0850 e. The Morgan fingerprint density at radius 1 is 1.20 bits per heavy atom. The van der Waals surface area contributed by atoms with Gasteiger partial charge < -0.3 is 5.11 Å². The van der Waals surface area contributed by atoms with Gasteiger partial charge in [-0.25, -0.2) is 0 Å². The Labute approximate surface area is 128 Å². The van der Waals surface area contributed by atoms with Gasteiger partial charge in [-0.3, -0.25) is 4.68 Å². The molecule has 1 aromatic rings. The van der Waals surface area contributed by atoms with Gasteiger partial charge in [0.2, 0.25) is 0 Å². The molecule has 1 heterocycles. The van der Waals surface area contributed by atoms with E-state index in [4.69, 9.17) is 11.6 Å². The van der Waals surface area contributed by atoms with E-state index in [1.165, 1.54) is 0 Å². The number of aliphatic hydroxyl groups is 1. The van der Waals surface area contributed by atoms with Crippen LogP contribution in [0.3, 0.4) is 0 Å². The minimum atomic E-state index is -0.704. The highest BCUT2D eigenvalue weighted by molar-refractivity contribution is 6.31. The van der Waals surface area contributed by atoms with E-state index in [0.29, 0.717) is 18.3 Å². The molecule has 0 aliphatic heterocycles. The van der Waals surface area contributed by atoms with Crippen LogP contribution in [0, 0.1) is 11.8 Å². The summed E-state index contributed by atoms with van der Waals surface area (Å²) in [5.41, 5.74) is 1.16. The molecule has 0 radical (unpaired) electrons. The van der Waals surface area contributed by atoms with Crippen molar-refractivity contribution < 1.29 is 5.11 Å². The molecule has 0 spiro atoms. The number of aryl methyl sites for hydroxylation is 2. The lowest BCUT2D eigenvalue weighted by Crippen LogP contribution is -2.35. The van der Waals surface area contributed by atoms with Crippen LogP contribution in [0.2, 0.25) is 5.02 Å². The van der Waals surface area contributed by atoms with E-state index in [2.05, 4.69) is 32.8 Å². The highest BCUT2D eigenvalue weighted by Crippen LogP contribution is 2.32. The lowest BCUT2D eigenvalue weighted by atomic mass is 9.81. The van der Waals surface area contributed by atoms with Crippen molar-refractivity contribution >= 4 is 11.6 Å².